The van der Waals surface area contributed by atoms with Crippen molar-refractivity contribution in [3.63, 3.8) is 0 Å². The Labute approximate surface area is 80.5 Å². The number of hydrogen-bond acceptors (Lipinski definition) is 4. The third-order valence-corrected chi connectivity index (χ3v) is 1.47. The predicted molar refractivity (Wildman–Crippen MR) is 53.6 cm³/mol. The zero-order valence-electron chi connectivity index (χ0n) is 8.79. The van der Waals surface area contributed by atoms with Crippen molar-refractivity contribution in [3.8, 4) is 0 Å². The lowest BCUT2D eigenvalue weighted by Crippen LogP contribution is -2.37. The molecular formula is C9H22N2O2. The van der Waals surface area contributed by atoms with Crippen LogP contribution in [-0.2, 0) is 4.74 Å². The van der Waals surface area contributed by atoms with Crippen molar-refractivity contribution in [2.24, 2.45) is 5.73 Å². The van der Waals surface area contributed by atoms with E-state index in [9.17, 15) is 5.11 Å². The van der Waals surface area contributed by atoms with Gasteiger partial charge in [0, 0.05) is 19.1 Å². The lowest BCUT2D eigenvalue weighted by Gasteiger charge is -2.14. The molecule has 0 amide bonds. The monoisotopic (exact) mass is 190 g/mol. The molecule has 0 bridgehead atoms. The highest BCUT2D eigenvalue weighted by Crippen LogP contribution is 1.90. The maximum Gasteiger partial charge on any atom is 0.0897 e. The quantitative estimate of drug-likeness (QED) is 0.516. The summed E-state index contributed by atoms with van der Waals surface area (Å²) in [6.07, 6.45) is -0.274. The minimum Gasteiger partial charge on any atom is -0.389 e. The fourth-order valence-corrected chi connectivity index (χ4v) is 0.840. The van der Waals surface area contributed by atoms with Gasteiger partial charge in [-0.25, -0.2) is 0 Å². The van der Waals surface area contributed by atoms with Gasteiger partial charge in [0.2, 0.25) is 0 Å². The van der Waals surface area contributed by atoms with Crippen LogP contribution in [0.2, 0.25) is 0 Å². The molecule has 2 atom stereocenters. The van der Waals surface area contributed by atoms with Gasteiger partial charge in [-0.2, -0.15) is 0 Å². The second kappa shape index (κ2) is 7.26. The minimum absolute atomic E-state index is 0.123. The van der Waals surface area contributed by atoms with Gasteiger partial charge in [-0.3, -0.25) is 0 Å². The topological polar surface area (TPSA) is 67.5 Å². The molecule has 0 aliphatic rings. The van der Waals surface area contributed by atoms with Crippen LogP contribution >= 0.6 is 0 Å². The minimum atomic E-state index is -0.443. The number of aliphatic hydroxyl groups excluding tert-OH is 1. The molecule has 80 valence electrons. The van der Waals surface area contributed by atoms with E-state index in [2.05, 4.69) is 5.32 Å². The summed E-state index contributed by atoms with van der Waals surface area (Å²) in [5, 5.41) is 12.4. The molecule has 0 spiro atoms. The molecule has 0 aromatic carbocycles. The van der Waals surface area contributed by atoms with Crippen molar-refractivity contribution in [3.05, 3.63) is 0 Å². The Morgan fingerprint density at radius 3 is 2.38 bits per heavy atom. The van der Waals surface area contributed by atoms with Crippen molar-refractivity contribution < 1.29 is 9.84 Å². The molecule has 0 saturated heterocycles. The lowest BCUT2D eigenvalue weighted by atomic mass is 10.3. The molecule has 0 rings (SSSR count). The molecule has 0 aliphatic carbocycles. The second-order valence-electron chi connectivity index (χ2n) is 3.67. The molecule has 0 heterocycles. The first-order chi connectivity index (χ1) is 6.02. The summed E-state index contributed by atoms with van der Waals surface area (Å²) in [6, 6.07) is 0.123. The largest absolute Gasteiger partial charge is 0.389 e. The van der Waals surface area contributed by atoms with Gasteiger partial charge in [0.05, 0.1) is 18.8 Å². The van der Waals surface area contributed by atoms with Gasteiger partial charge in [0.25, 0.3) is 0 Å². The van der Waals surface area contributed by atoms with E-state index < -0.39 is 6.10 Å². The predicted octanol–water partition coefficient (Wildman–Crippen LogP) is -0.291. The maximum atomic E-state index is 9.38. The van der Waals surface area contributed by atoms with Gasteiger partial charge in [0.15, 0.2) is 0 Å². The van der Waals surface area contributed by atoms with Crippen LogP contribution in [-0.4, -0.2) is 43.1 Å². The van der Waals surface area contributed by atoms with Crippen LogP contribution in [0.4, 0.5) is 0 Å². The molecule has 2 unspecified atom stereocenters. The third kappa shape index (κ3) is 9.76. The molecule has 13 heavy (non-hydrogen) atoms. The Kier molecular flexibility index (Phi) is 7.17. The molecule has 0 radical (unpaired) electrons. The van der Waals surface area contributed by atoms with Crippen molar-refractivity contribution in [2.45, 2.75) is 39.0 Å². The fraction of sp³-hybridized carbons (Fsp3) is 1.00. The lowest BCUT2D eigenvalue weighted by molar-refractivity contribution is 0.00641. The third-order valence-electron chi connectivity index (χ3n) is 1.47. The summed E-state index contributed by atoms with van der Waals surface area (Å²) in [6.45, 7) is 7.45. The van der Waals surface area contributed by atoms with E-state index in [0.717, 1.165) is 6.54 Å². The van der Waals surface area contributed by atoms with Crippen LogP contribution < -0.4 is 11.1 Å². The first kappa shape index (κ1) is 12.8. The van der Waals surface area contributed by atoms with Gasteiger partial charge >= 0.3 is 0 Å². The highest BCUT2D eigenvalue weighted by atomic mass is 16.5. The molecule has 4 N–H and O–H groups in total. The SMILES string of the molecule is CC(N)CNCC(O)COC(C)C. The molecule has 0 saturated carbocycles. The summed E-state index contributed by atoms with van der Waals surface area (Å²) in [4.78, 5) is 0. The van der Waals surface area contributed by atoms with Gasteiger partial charge in [-0.15, -0.1) is 0 Å². The average molecular weight is 190 g/mol. The Morgan fingerprint density at radius 2 is 1.92 bits per heavy atom. The van der Waals surface area contributed by atoms with Gasteiger partial charge < -0.3 is 20.9 Å². The van der Waals surface area contributed by atoms with E-state index in [1.54, 1.807) is 0 Å². The highest BCUT2D eigenvalue weighted by molar-refractivity contribution is 4.62. The number of nitrogens with one attached hydrogen (secondary N) is 1. The van der Waals surface area contributed by atoms with Crippen LogP contribution in [0.1, 0.15) is 20.8 Å². The Balaban J connectivity index is 3.25. The van der Waals surface area contributed by atoms with Crippen molar-refractivity contribution in [1.82, 2.24) is 5.32 Å². The summed E-state index contributed by atoms with van der Waals surface area (Å²) in [5.74, 6) is 0. The first-order valence-corrected chi connectivity index (χ1v) is 4.78. The molecule has 4 heteroatoms. The van der Waals surface area contributed by atoms with Crippen LogP contribution in [0.3, 0.4) is 0 Å². The second-order valence-corrected chi connectivity index (χ2v) is 3.67. The summed E-state index contributed by atoms with van der Waals surface area (Å²) < 4.78 is 5.24. The smallest absolute Gasteiger partial charge is 0.0897 e. The van der Waals surface area contributed by atoms with E-state index in [1.165, 1.54) is 0 Å². The van der Waals surface area contributed by atoms with Crippen LogP contribution in [0, 0.1) is 0 Å². The van der Waals surface area contributed by atoms with Crippen LogP contribution in [0.25, 0.3) is 0 Å². The van der Waals surface area contributed by atoms with Crippen molar-refractivity contribution in [2.75, 3.05) is 19.7 Å². The van der Waals surface area contributed by atoms with E-state index in [4.69, 9.17) is 10.5 Å². The van der Waals surface area contributed by atoms with E-state index in [0.29, 0.717) is 13.2 Å². The van der Waals surface area contributed by atoms with Gasteiger partial charge in [-0.1, -0.05) is 0 Å². The Bertz CT molecular complexity index is 118. The highest BCUT2D eigenvalue weighted by Gasteiger charge is 2.05. The summed E-state index contributed by atoms with van der Waals surface area (Å²) >= 11 is 0. The van der Waals surface area contributed by atoms with E-state index in [-0.39, 0.29) is 12.1 Å². The number of hydrogen-bond donors (Lipinski definition) is 3. The fourth-order valence-electron chi connectivity index (χ4n) is 0.840. The van der Waals surface area contributed by atoms with Gasteiger partial charge in [0.1, 0.15) is 0 Å². The normalized spacial score (nSPS) is 16.2. The van der Waals surface area contributed by atoms with Crippen molar-refractivity contribution >= 4 is 0 Å². The molecule has 0 fully saturated rings. The molecule has 4 nitrogen and oxygen atoms in total. The summed E-state index contributed by atoms with van der Waals surface area (Å²) in [5.41, 5.74) is 5.53. The molecular weight excluding hydrogens is 168 g/mol. The van der Waals surface area contributed by atoms with E-state index >= 15 is 0 Å². The number of aliphatic hydroxyl groups is 1. The zero-order valence-corrected chi connectivity index (χ0v) is 8.79. The first-order valence-electron chi connectivity index (χ1n) is 4.78. The molecule has 0 aromatic heterocycles. The average Bonchev–Trinajstić information content (AvgIpc) is 2.00. The number of nitrogens with two attached hydrogens (primary N) is 1. The zero-order chi connectivity index (χ0) is 10.3. The molecule has 0 aliphatic heterocycles. The Hall–Kier alpha value is -0.160. The molecule has 0 aromatic rings. The van der Waals surface area contributed by atoms with Crippen molar-refractivity contribution in [1.29, 1.82) is 0 Å². The number of rotatable bonds is 7. The summed E-state index contributed by atoms with van der Waals surface area (Å²) in [7, 11) is 0. The Morgan fingerprint density at radius 1 is 1.31 bits per heavy atom. The van der Waals surface area contributed by atoms with Gasteiger partial charge in [-0.05, 0) is 20.8 Å². The van der Waals surface area contributed by atoms with Crippen LogP contribution in [0.15, 0.2) is 0 Å². The van der Waals surface area contributed by atoms with Crippen LogP contribution in [0.5, 0.6) is 0 Å². The standard InChI is InChI=1S/C9H22N2O2/c1-7(2)13-6-9(12)5-11-4-8(3)10/h7-9,11-12H,4-6,10H2,1-3H3. The van der Waals surface area contributed by atoms with E-state index in [1.807, 2.05) is 20.8 Å². The maximum absolute atomic E-state index is 9.38. The number of ether oxygens (including phenoxy) is 1.